The van der Waals surface area contributed by atoms with E-state index in [1.165, 1.54) is 11.1 Å². The number of nitrogens with one attached hydrogen (secondary N) is 1. The summed E-state index contributed by atoms with van der Waals surface area (Å²) in [5, 5.41) is 3.42. The van der Waals surface area contributed by atoms with Gasteiger partial charge in [0, 0.05) is 13.2 Å². The van der Waals surface area contributed by atoms with E-state index < -0.39 is 5.41 Å². The quantitative estimate of drug-likeness (QED) is 0.636. The highest BCUT2D eigenvalue weighted by Crippen LogP contribution is 2.37. The lowest BCUT2D eigenvalue weighted by Gasteiger charge is -2.38. The Morgan fingerprint density at radius 3 is 2.17 bits per heavy atom. The Kier molecular flexibility index (Phi) is 6.01. The molecule has 0 radical (unpaired) electrons. The fourth-order valence-corrected chi connectivity index (χ4v) is 4.53. The lowest BCUT2D eigenvalue weighted by molar-refractivity contribution is -0.131. The van der Waals surface area contributed by atoms with Crippen LogP contribution >= 0.6 is 0 Å². The molecule has 3 heteroatoms. The summed E-state index contributed by atoms with van der Waals surface area (Å²) in [5.74, 6) is 0.0748. The van der Waals surface area contributed by atoms with Gasteiger partial charge in [-0.1, -0.05) is 84.4 Å². The molecule has 1 N–H and O–H groups in total. The second-order valence-corrected chi connectivity index (χ2v) is 8.24. The van der Waals surface area contributed by atoms with Gasteiger partial charge in [-0.25, -0.2) is 0 Å². The van der Waals surface area contributed by atoms with Crippen LogP contribution in [0.5, 0.6) is 0 Å². The number of benzene rings is 3. The van der Waals surface area contributed by atoms with Gasteiger partial charge in [0.05, 0.1) is 11.5 Å². The van der Waals surface area contributed by atoms with Gasteiger partial charge < -0.3 is 10.1 Å². The van der Waals surface area contributed by atoms with E-state index in [4.69, 9.17) is 4.74 Å². The summed E-state index contributed by atoms with van der Waals surface area (Å²) in [5.41, 5.74) is 5.14. The molecule has 3 aromatic carbocycles. The first-order valence-corrected chi connectivity index (χ1v) is 10.7. The summed E-state index contributed by atoms with van der Waals surface area (Å²) in [6.07, 6.45) is 1.38. The van der Waals surface area contributed by atoms with E-state index in [-0.39, 0.29) is 11.9 Å². The highest BCUT2D eigenvalue weighted by molar-refractivity contribution is 5.89. The third kappa shape index (κ3) is 4.03. The predicted octanol–water partition coefficient (Wildman–Crippen LogP) is 5.26. The van der Waals surface area contributed by atoms with E-state index in [9.17, 15) is 4.79 Å². The summed E-state index contributed by atoms with van der Waals surface area (Å²) in [7, 11) is 0. The summed E-state index contributed by atoms with van der Waals surface area (Å²) in [4.78, 5) is 13.9. The Hall–Kier alpha value is -2.91. The Balaban J connectivity index is 1.74. The molecule has 1 atom stereocenters. The first-order chi connectivity index (χ1) is 14.6. The van der Waals surface area contributed by atoms with Crippen LogP contribution in [0.4, 0.5) is 0 Å². The largest absolute Gasteiger partial charge is 0.381 e. The minimum Gasteiger partial charge on any atom is -0.381 e. The van der Waals surface area contributed by atoms with Gasteiger partial charge in [0.1, 0.15) is 0 Å². The minimum atomic E-state index is -0.564. The van der Waals surface area contributed by atoms with Crippen LogP contribution in [0.2, 0.25) is 0 Å². The van der Waals surface area contributed by atoms with E-state index in [0.717, 1.165) is 16.7 Å². The lowest BCUT2D eigenvalue weighted by Crippen LogP contribution is -2.49. The molecule has 154 valence electrons. The van der Waals surface area contributed by atoms with E-state index in [0.29, 0.717) is 26.1 Å². The SMILES string of the molecule is Cc1ccc([C@H](NC(=O)C2(c3ccccc3)CCOCC2)c2ccccc2)c(C)c1. The maximum absolute atomic E-state index is 13.9. The zero-order chi connectivity index (χ0) is 21.0. The van der Waals surface area contributed by atoms with Crippen LogP contribution < -0.4 is 5.32 Å². The number of aryl methyl sites for hydroxylation is 2. The van der Waals surface area contributed by atoms with Crippen LogP contribution in [-0.4, -0.2) is 19.1 Å². The highest BCUT2D eigenvalue weighted by Gasteiger charge is 2.42. The van der Waals surface area contributed by atoms with Crippen molar-refractivity contribution in [3.05, 3.63) is 107 Å². The van der Waals surface area contributed by atoms with E-state index >= 15 is 0 Å². The molecule has 3 aromatic rings. The maximum Gasteiger partial charge on any atom is 0.231 e. The summed E-state index contributed by atoms with van der Waals surface area (Å²) >= 11 is 0. The van der Waals surface area contributed by atoms with Gasteiger partial charge in [-0.05, 0) is 48.9 Å². The van der Waals surface area contributed by atoms with Crippen LogP contribution in [0.25, 0.3) is 0 Å². The molecule has 1 fully saturated rings. The summed E-state index contributed by atoms with van der Waals surface area (Å²) in [6.45, 7) is 5.41. The number of carbonyl (C=O) groups is 1. The van der Waals surface area contributed by atoms with Gasteiger partial charge in [0.2, 0.25) is 5.91 Å². The van der Waals surface area contributed by atoms with Crippen molar-refractivity contribution < 1.29 is 9.53 Å². The van der Waals surface area contributed by atoms with Gasteiger partial charge in [-0.2, -0.15) is 0 Å². The van der Waals surface area contributed by atoms with Crippen LogP contribution in [0, 0.1) is 13.8 Å². The maximum atomic E-state index is 13.9. The van der Waals surface area contributed by atoms with Crippen LogP contribution in [0.15, 0.2) is 78.9 Å². The van der Waals surface area contributed by atoms with E-state index in [2.05, 4.69) is 61.6 Å². The molecule has 1 aliphatic heterocycles. The van der Waals surface area contributed by atoms with Gasteiger partial charge in [0.25, 0.3) is 0 Å². The molecule has 1 heterocycles. The van der Waals surface area contributed by atoms with Crippen molar-refractivity contribution >= 4 is 5.91 Å². The summed E-state index contributed by atoms with van der Waals surface area (Å²) in [6, 6.07) is 26.6. The molecule has 4 rings (SSSR count). The number of amides is 1. The number of hydrogen-bond donors (Lipinski definition) is 1. The molecule has 0 aliphatic carbocycles. The fraction of sp³-hybridized carbons (Fsp3) is 0.296. The van der Waals surface area contributed by atoms with E-state index in [1.807, 2.05) is 36.4 Å². The normalized spacial score (nSPS) is 16.6. The molecule has 3 nitrogen and oxygen atoms in total. The van der Waals surface area contributed by atoms with Crippen molar-refractivity contribution in [2.75, 3.05) is 13.2 Å². The molecule has 1 aliphatic rings. The first-order valence-electron chi connectivity index (χ1n) is 10.7. The van der Waals surface area contributed by atoms with Crippen molar-refractivity contribution in [1.29, 1.82) is 0 Å². The second kappa shape index (κ2) is 8.85. The predicted molar refractivity (Wildman–Crippen MR) is 121 cm³/mol. The lowest BCUT2D eigenvalue weighted by atomic mass is 9.73. The molecule has 0 bridgehead atoms. The molecule has 0 aromatic heterocycles. The molecule has 0 spiro atoms. The average molecular weight is 400 g/mol. The Labute approximate surface area is 179 Å². The first kappa shape index (κ1) is 20.4. The molecule has 1 saturated heterocycles. The van der Waals surface area contributed by atoms with Crippen molar-refractivity contribution in [1.82, 2.24) is 5.32 Å². The van der Waals surface area contributed by atoms with Crippen LogP contribution in [0.3, 0.4) is 0 Å². The fourth-order valence-electron chi connectivity index (χ4n) is 4.53. The van der Waals surface area contributed by atoms with Crippen molar-refractivity contribution in [2.45, 2.75) is 38.1 Å². The number of carbonyl (C=O) groups excluding carboxylic acids is 1. The third-order valence-corrected chi connectivity index (χ3v) is 6.25. The topological polar surface area (TPSA) is 38.3 Å². The standard InChI is InChI=1S/C27H29NO2/c1-20-13-14-24(21(2)19-20)25(22-9-5-3-6-10-22)28-26(29)27(15-17-30-18-16-27)23-11-7-4-8-12-23/h3-14,19,25H,15-18H2,1-2H3,(H,28,29)/t25-/m1/s1. The number of ether oxygens (including phenoxy) is 1. The van der Waals surface area contributed by atoms with Crippen molar-refractivity contribution in [2.24, 2.45) is 0 Å². The third-order valence-electron chi connectivity index (χ3n) is 6.25. The zero-order valence-corrected chi connectivity index (χ0v) is 17.7. The average Bonchev–Trinajstić information content (AvgIpc) is 2.79. The molecule has 30 heavy (non-hydrogen) atoms. The van der Waals surface area contributed by atoms with Gasteiger partial charge in [0.15, 0.2) is 0 Å². The van der Waals surface area contributed by atoms with Gasteiger partial charge in [-0.3, -0.25) is 4.79 Å². The van der Waals surface area contributed by atoms with Crippen molar-refractivity contribution in [3.63, 3.8) is 0 Å². The van der Waals surface area contributed by atoms with Gasteiger partial charge >= 0.3 is 0 Å². The monoisotopic (exact) mass is 399 g/mol. The zero-order valence-electron chi connectivity index (χ0n) is 17.7. The Morgan fingerprint density at radius 1 is 0.900 bits per heavy atom. The molecule has 1 amide bonds. The number of rotatable bonds is 5. The Morgan fingerprint density at radius 2 is 1.53 bits per heavy atom. The number of hydrogen-bond acceptors (Lipinski definition) is 2. The molecular weight excluding hydrogens is 370 g/mol. The van der Waals surface area contributed by atoms with E-state index in [1.54, 1.807) is 0 Å². The highest BCUT2D eigenvalue weighted by atomic mass is 16.5. The van der Waals surface area contributed by atoms with Crippen LogP contribution in [0.1, 0.15) is 46.7 Å². The van der Waals surface area contributed by atoms with Crippen LogP contribution in [-0.2, 0) is 14.9 Å². The minimum absolute atomic E-state index is 0.0748. The van der Waals surface area contributed by atoms with Gasteiger partial charge in [-0.15, -0.1) is 0 Å². The molecule has 0 saturated carbocycles. The van der Waals surface area contributed by atoms with Crippen molar-refractivity contribution in [3.8, 4) is 0 Å². The molecular formula is C27H29NO2. The smallest absolute Gasteiger partial charge is 0.231 e. The second-order valence-electron chi connectivity index (χ2n) is 8.24. The Bertz CT molecular complexity index is 992. The molecule has 0 unspecified atom stereocenters. The summed E-state index contributed by atoms with van der Waals surface area (Å²) < 4.78 is 5.62.